The Kier molecular flexibility index (Phi) is 12.2. The summed E-state index contributed by atoms with van der Waals surface area (Å²) < 4.78 is 52.0. The summed E-state index contributed by atoms with van der Waals surface area (Å²) in [5.74, 6) is -2.11. The van der Waals surface area contributed by atoms with E-state index in [0.717, 1.165) is 52.0 Å². The van der Waals surface area contributed by atoms with Crippen molar-refractivity contribution in [1.82, 2.24) is 0 Å². The van der Waals surface area contributed by atoms with Gasteiger partial charge in [0.25, 0.3) is 0 Å². The van der Waals surface area contributed by atoms with Gasteiger partial charge in [-0.1, -0.05) is 37.3 Å². The summed E-state index contributed by atoms with van der Waals surface area (Å²) in [7, 11) is 0. The maximum atomic E-state index is 13.5. The predicted octanol–water partition coefficient (Wildman–Crippen LogP) is 4.79. The Balaban J connectivity index is 1.51. The van der Waals surface area contributed by atoms with Crippen molar-refractivity contribution >= 4 is 34.8 Å². The molecular formula is C37H42O14. The lowest BCUT2D eigenvalue weighted by molar-refractivity contribution is -0.288. The van der Waals surface area contributed by atoms with Crippen LogP contribution in [0.5, 0.6) is 17.2 Å². The van der Waals surface area contributed by atoms with Crippen LogP contribution in [0.3, 0.4) is 0 Å². The molecule has 0 radical (unpaired) electrons. The lowest BCUT2D eigenvalue weighted by Gasteiger charge is -2.43. The highest BCUT2D eigenvalue weighted by Gasteiger charge is 2.53. The molecule has 0 bridgehead atoms. The van der Waals surface area contributed by atoms with Gasteiger partial charge in [-0.2, -0.15) is 0 Å². The molecule has 2 heterocycles. The van der Waals surface area contributed by atoms with E-state index in [9.17, 15) is 24.0 Å². The van der Waals surface area contributed by atoms with Gasteiger partial charge in [-0.3, -0.25) is 19.2 Å². The van der Waals surface area contributed by atoms with Gasteiger partial charge in [0.05, 0.1) is 11.5 Å². The van der Waals surface area contributed by atoms with E-state index >= 15 is 0 Å². The molecule has 14 nitrogen and oxygen atoms in total. The van der Waals surface area contributed by atoms with Crippen molar-refractivity contribution in [2.75, 3.05) is 6.61 Å². The highest BCUT2D eigenvalue weighted by molar-refractivity contribution is 5.86. The average molecular weight is 711 g/mol. The number of fused-ring (bicyclic) bond motifs is 1. The summed E-state index contributed by atoms with van der Waals surface area (Å²) in [6, 6.07) is 14.1. The lowest BCUT2D eigenvalue weighted by Crippen LogP contribution is -2.63. The number of carbonyl (C=O) groups excluding carboxylic acids is 4. The average Bonchev–Trinajstić information content (AvgIpc) is 3.07. The number of hydrogen-bond donors (Lipinski definition) is 0. The van der Waals surface area contributed by atoms with Crippen molar-refractivity contribution in [3.63, 3.8) is 0 Å². The van der Waals surface area contributed by atoms with E-state index in [1.165, 1.54) is 13.0 Å². The van der Waals surface area contributed by atoms with Crippen LogP contribution in [0.2, 0.25) is 0 Å². The first-order valence-corrected chi connectivity index (χ1v) is 16.8. The fourth-order valence-corrected chi connectivity index (χ4v) is 6.12. The molecule has 3 aromatic rings. The molecule has 5 rings (SSSR count). The second-order valence-corrected chi connectivity index (χ2v) is 12.7. The minimum Gasteiger partial charge on any atom is -0.484 e. The summed E-state index contributed by atoms with van der Waals surface area (Å²) in [6.45, 7) is 6.48. The summed E-state index contributed by atoms with van der Waals surface area (Å²) in [6.07, 6.45) is -3.56. The SMILES string of the molecule is CC(=O)OC[C@H]1O[C@@H](Oc2ccc3c(OCc4ccccc4)c(O[C@H]4CC[C@H](C)CC4)c(=O)oc3c2)[C@H](OC(C)=O)[C@@H](OC(C)=O)[C@H]1OC(C)=O. The smallest absolute Gasteiger partial charge is 0.383 e. The molecule has 2 fully saturated rings. The molecular weight excluding hydrogens is 668 g/mol. The maximum Gasteiger partial charge on any atom is 0.383 e. The number of benzene rings is 2. The quantitative estimate of drug-likeness (QED) is 0.143. The molecule has 5 atom stereocenters. The number of esters is 4. The van der Waals surface area contributed by atoms with Gasteiger partial charge in [0.1, 0.15) is 30.7 Å². The van der Waals surface area contributed by atoms with Crippen LogP contribution in [0.4, 0.5) is 0 Å². The van der Waals surface area contributed by atoms with Crippen LogP contribution in [0, 0.1) is 5.92 Å². The van der Waals surface area contributed by atoms with Gasteiger partial charge in [0, 0.05) is 33.8 Å². The Morgan fingerprint density at radius 1 is 0.745 bits per heavy atom. The first kappa shape index (κ1) is 37.2. The van der Waals surface area contributed by atoms with E-state index in [2.05, 4.69) is 6.92 Å². The minimum absolute atomic E-state index is 0.0220. The molecule has 2 aliphatic rings. The fraction of sp³-hybridized carbons (Fsp3) is 0.486. The van der Waals surface area contributed by atoms with Gasteiger partial charge in [0.15, 0.2) is 18.0 Å². The summed E-state index contributed by atoms with van der Waals surface area (Å²) in [4.78, 5) is 61.7. The van der Waals surface area contributed by atoms with Crippen molar-refractivity contribution in [3.8, 4) is 17.2 Å². The number of carbonyl (C=O) groups is 4. The molecule has 1 saturated heterocycles. The van der Waals surface area contributed by atoms with Gasteiger partial charge >= 0.3 is 29.5 Å². The van der Waals surface area contributed by atoms with E-state index in [0.29, 0.717) is 11.3 Å². The van der Waals surface area contributed by atoms with Crippen LogP contribution in [-0.2, 0) is 49.5 Å². The molecule has 0 unspecified atom stereocenters. The Bertz CT molecular complexity index is 1760. The molecule has 51 heavy (non-hydrogen) atoms. The standard InChI is InChI=1S/C37H42O14/c1-20-11-13-26(14-12-20)48-34-31(44-18-25-9-7-6-8-10-25)28-16-15-27(17-29(28)50-36(34)42)49-37-35(47-24(5)41)33(46-23(4)40)32(45-22(3)39)30(51-37)19-43-21(2)38/h6-10,15-17,20,26,30,32-33,35,37H,11-14,18-19H2,1-5H3/t20-,26-,30-,32+,33+,35-,37-/m1/s1. The zero-order valence-electron chi connectivity index (χ0n) is 29.1. The van der Waals surface area contributed by atoms with Crippen LogP contribution < -0.4 is 19.8 Å². The molecule has 1 aliphatic heterocycles. The normalized spacial score (nSPS) is 24.5. The highest BCUT2D eigenvalue weighted by atomic mass is 16.7. The van der Waals surface area contributed by atoms with Gasteiger partial charge in [-0.05, 0) is 49.3 Å². The van der Waals surface area contributed by atoms with E-state index < -0.39 is 66.8 Å². The molecule has 0 amide bonds. The van der Waals surface area contributed by atoms with Crippen molar-refractivity contribution in [2.24, 2.45) is 5.92 Å². The van der Waals surface area contributed by atoms with E-state index in [1.54, 1.807) is 12.1 Å². The third-order valence-electron chi connectivity index (χ3n) is 8.47. The van der Waals surface area contributed by atoms with Gasteiger partial charge < -0.3 is 42.3 Å². The van der Waals surface area contributed by atoms with E-state index in [1.807, 2.05) is 30.3 Å². The number of ether oxygens (including phenoxy) is 8. The van der Waals surface area contributed by atoms with Crippen molar-refractivity contribution in [3.05, 3.63) is 64.5 Å². The van der Waals surface area contributed by atoms with Crippen molar-refractivity contribution in [1.29, 1.82) is 0 Å². The van der Waals surface area contributed by atoms with Crippen LogP contribution in [0.1, 0.15) is 65.9 Å². The molecule has 2 aromatic carbocycles. The second-order valence-electron chi connectivity index (χ2n) is 12.7. The Morgan fingerprint density at radius 3 is 2.04 bits per heavy atom. The van der Waals surface area contributed by atoms with E-state index in [-0.39, 0.29) is 35.5 Å². The summed E-state index contributed by atoms with van der Waals surface area (Å²) in [5.41, 5.74) is 0.226. The minimum atomic E-state index is -1.49. The third-order valence-corrected chi connectivity index (χ3v) is 8.47. The van der Waals surface area contributed by atoms with Crippen LogP contribution >= 0.6 is 0 Å². The molecule has 14 heteroatoms. The first-order valence-electron chi connectivity index (χ1n) is 16.8. The van der Waals surface area contributed by atoms with Crippen LogP contribution in [0.15, 0.2) is 57.7 Å². The van der Waals surface area contributed by atoms with Gasteiger partial charge in [0.2, 0.25) is 18.1 Å². The van der Waals surface area contributed by atoms with Gasteiger partial charge in [-0.25, -0.2) is 4.79 Å². The number of hydrogen-bond acceptors (Lipinski definition) is 14. The fourth-order valence-electron chi connectivity index (χ4n) is 6.12. The lowest BCUT2D eigenvalue weighted by atomic mass is 9.89. The van der Waals surface area contributed by atoms with Crippen LogP contribution in [0.25, 0.3) is 11.0 Å². The molecule has 1 aromatic heterocycles. The predicted molar refractivity (Wildman–Crippen MR) is 178 cm³/mol. The van der Waals surface area contributed by atoms with Crippen molar-refractivity contribution in [2.45, 2.75) is 104 Å². The Morgan fingerprint density at radius 2 is 1.39 bits per heavy atom. The Hall–Kier alpha value is -5.11. The zero-order chi connectivity index (χ0) is 36.7. The molecule has 274 valence electrons. The Labute approximate surface area is 294 Å². The monoisotopic (exact) mass is 710 g/mol. The molecule has 0 N–H and O–H groups in total. The molecule has 1 saturated carbocycles. The molecule has 0 spiro atoms. The summed E-state index contributed by atoms with van der Waals surface area (Å²) in [5, 5.41) is 0.429. The summed E-state index contributed by atoms with van der Waals surface area (Å²) >= 11 is 0. The van der Waals surface area contributed by atoms with Crippen molar-refractivity contribution < 1.29 is 61.5 Å². The third kappa shape index (κ3) is 9.78. The highest BCUT2D eigenvalue weighted by Crippen LogP contribution is 2.38. The van der Waals surface area contributed by atoms with E-state index in [4.69, 9.17) is 42.3 Å². The zero-order valence-corrected chi connectivity index (χ0v) is 29.1. The molecule has 1 aliphatic carbocycles. The van der Waals surface area contributed by atoms with Gasteiger partial charge in [-0.15, -0.1) is 0 Å². The first-order chi connectivity index (χ1) is 24.4. The largest absolute Gasteiger partial charge is 0.484 e. The van der Waals surface area contributed by atoms with Crippen LogP contribution in [-0.4, -0.2) is 67.3 Å². The maximum absolute atomic E-state index is 13.5. The second kappa shape index (κ2) is 16.7. The number of rotatable bonds is 12. The topological polar surface area (TPSA) is 172 Å².